The van der Waals surface area contributed by atoms with Crippen molar-refractivity contribution in [3.8, 4) is 0 Å². The molecule has 25 heavy (non-hydrogen) atoms. The molecule has 138 valence electrons. The average Bonchev–Trinajstić information content (AvgIpc) is 2.89. The van der Waals surface area contributed by atoms with Crippen molar-refractivity contribution < 1.29 is 19.9 Å². The molecule has 3 fully saturated rings. The minimum Gasteiger partial charge on any atom is -0.393 e. The van der Waals surface area contributed by atoms with Crippen LogP contribution < -0.4 is 5.48 Å². The maximum absolute atomic E-state index is 12.4. The number of ketones is 1. The van der Waals surface area contributed by atoms with Gasteiger partial charge in [-0.3, -0.25) is 14.8 Å². The van der Waals surface area contributed by atoms with Gasteiger partial charge in [-0.1, -0.05) is 19.4 Å². The first-order valence-corrected chi connectivity index (χ1v) is 9.68. The number of allylic oxidation sites excluding steroid dienone is 1. The number of aliphatic hydroxyl groups excluding tert-OH is 1. The van der Waals surface area contributed by atoms with Gasteiger partial charge in [-0.2, -0.15) is 0 Å². The van der Waals surface area contributed by atoms with E-state index in [0.717, 1.165) is 44.1 Å². The lowest BCUT2D eigenvalue weighted by atomic mass is 9.45. The van der Waals surface area contributed by atoms with Crippen LogP contribution in [0.3, 0.4) is 0 Å². The summed E-state index contributed by atoms with van der Waals surface area (Å²) in [6, 6.07) is 0. The van der Waals surface area contributed by atoms with Crippen LogP contribution in [-0.2, 0) is 9.59 Å². The fourth-order valence-electron chi connectivity index (χ4n) is 7.06. The van der Waals surface area contributed by atoms with E-state index in [1.807, 2.05) is 5.48 Å². The zero-order valence-corrected chi connectivity index (χ0v) is 15.1. The monoisotopic (exact) mass is 347 g/mol. The van der Waals surface area contributed by atoms with E-state index >= 15 is 0 Å². The van der Waals surface area contributed by atoms with E-state index in [4.69, 9.17) is 0 Å². The van der Waals surface area contributed by atoms with Crippen molar-refractivity contribution in [3.63, 3.8) is 0 Å². The molecule has 4 rings (SSSR count). The molecule has 3 saturated carbocycles. The van der Waals surface area contributed by atoms with E-state index in [1.165, 1.54) is 0 Å². The summed E-state index contributed by atoms with van der Waals surface area (Å²) in [7, 11) is 0. The van der Waals surface area contributed by atoms with Gasteiger partial charge < -0.3 is 5.11 Å². The van der Waals surface area contributed by atoms with E-state index in [9.17, 15) is 19.9 Å². The highest BCUT2D eigenvalue weighted by atomic mass is 16.5. The van der Waals surface area contributed by atoms with Gasteiger partial charge >= 0.3 is 0 Å². The van der Waals surface area contributed by atoms with E-state index in [1.54, 1.807) is 6.08 Å². The molecule has 1 unspecified atom stereocenters. The van der Waals surface area contributed by atoms with Gasteiger partial charge in [0.1, 0.15) is 0 Å². The molecule has 0 bridgehead atoms. The zero-order valence-electron chi connectivity index (χ0n) is 15.1. The van der Waals surface area contributed by atoms with Gasteiger partial charge in [0.25, 0.3) is 0 Å². The second-order valence-corrected chi connectivity index (χ2v) is 9.20. The van der Waals surface area contributed by atoms with Crippen LogP contribution >= 0.6 is 0 Å². The van der Waals surface area contributed by atoms with Crippen LogP contribution in [0.1, 0.15) is 58.8 Å². The minimum atomic E-state index is -0.492. The topological polar surface area (TPSA) is 86.6 Å². The van der Waals surface area contributed by atoms with Crippen molar-refractivity contribution >= 4 is 11.7 Å². The quantitative estimate of drug-likeness (QED) is 0.503. The van der Waals surface area contributed by atoms with E-state index in [2.05, 4.69) is 13.8 Å². The molecular weight excluding hydrogens is 318 g/mol. The van der Waals surface area contributed by atoms with Gasteiger partial charge in [0.15, 0.2) is 5.78 Å². The Bertz CT molecular complexity index is 644. The van der Waals surface area contributed by atoms with Gasteiger partial charge in [0.2, 0.25) is 5.91 Å². The lowest BCUT2D eigenvalue weighted by Crippen LogP contribution is -2.56. The third kappa shape index (κ3) is 2.21. The van der Waals surface area contributed by atoms with Crippen LogP contribution in [-0.4, -0.2) is 28.1 Å². The number of nitrogens with one attached hydrogen (secondary N) is 1. The van der Waals surface area contributed by atoms with Crippen LogP contribution in [0.5, 0.6) is 0 Å². The van der Waals surface area contributed by atoms with Crippen LogP contribution in [0.2, 0.25) is 0 Å². The molecule has 0 aliphatic heterocycles. The Morgan fingerprint density at radius 1 is 1.20 bits per heavy atom. The summed E-state index contributed by atoms with van der Waals surface area (Å²) in [6.45, 7) is 4.37. The number of hydrogen-bond donors (Lipinski definition) is 3. The maximum atomic E-state index is 12.4. The molecule has 0 spiro atoms. The Hall–Kier alpha value is -1.20. The Morgan fingerprint density at radius 2 is 1.96 bits per heavy atom. The Labute approximate surface area is 148 Å². The van der Waals surface area contributed by atoms with Gasteiger partial charge in [0.05, 0.1) is 12.0 Å². The largest absolute Gasteiger partial charge is 0.393 e. The van der Waals surface area contributed by atoms with Gasteiger partial charge in [-0.05, 0) is 67.8 Å². The first-order chi connectivity index (χ1) is 11.8. The lowest BCUT2D eigenvalue weighted by molar-refractivity contribution is -0.147. The number of rotatable bonds is 1. The number of hydrogen-bond acceptors (Lipinski definition) is 4. The first-order valence-electron chi connectivity index (χ1n) is 9.68. The molecule has 0 radical (unpaired) electrons. The molecule has 0 saturated heterocycles. The smallest absolute Gasteiger partial charge is 0.247 e. The summed E-state index contributed by atoms with van der Waals surface area (Å²) in [6.07, 6.45) is 7.52. The first kappa shape index (κ1) is 17.2. The van der Waals surface area contributed by atoms with Crippen molar-refractivity contribution in [2.24, 2.45) is 34.5 Å². The minimum absolute atomic E-state index is 0.00202. The summed E-state index contributed by atoms with van der Waals surface area (Å²) in [5.74, 6) is 0.397. The summed E-state index contributed by atoms with van der Waals surface area (Å²) in [4.78, 5) is 24.6. The molecule has 0 heterocycles. The number of aliphatic hydroxyl groups is 1. The summed E-state index contributed by atoms with van der Waals surface area (Å²) >= 11 is 0. The molecule has 0 aromatic heterocycles. The predicted molar refractivity (Wildman–Crippen MR) is 91.5 cm³/mol. The van der Waals surface area contributed by atoms with Crippen molar-refractivity contribution in [2.75, 3.05) is 0 Å². The predicted octanol–water partition coefficient (Wildman–Crippen LogP) is 2.61. The molecule has 5 heteroatoms. The summed E-state index contributed by atoms with van der Waals surface area (Å²) < 4.78 is 0. The number of carbonyl (C=O) groups excluding carboxylic acids is 2. The Kier molecular flexibility index (Phi) is 3.89. The molecule has 3 N–H and O–H groups in total. The average molecular weight is 347 g/mol. The second-order valence-electron chi connectivity index (χ2n) is 9.20. The highest BCUT2D eigenvalue weighted by molar-refractivity contribution is 5.96. The standard InChI is InChI=1S/C20H29NO4/c1-19-8-7-15-13(14(19)5-6-17(19)23)4-3-11-9-12(22)10-16(18(24)21-25)20(11,15)2/h9,13-17,23,25H,3-8,10H2,1-2H3,(H,21,24)/t13-,14-,15-,16?,17-,19-,20-/m0/s1. The second kappa shape index (κ2) is 5.65. The molecule has 0 aromatic rings. The van der Waals surface area contributed by atoms with Crippen LogP contribution in [0, 0.1) is 34.5 Å². The third-order valence-corrected chi connectivity index (χ3v) is 8.49. The third-order valence-electron chi connectivity index (χ3n) is 8.49. The molecule has 4 aliphatic rings. The molecule has 4 aliphatic carbocycles. The van der Waals surface area contributed by atoms with Crippen molar-refractivity contribution in [3.05, 3.63) is 11.6 Å². The molecular formula is C20H29NO4. The molecule has 7 atom stereocenters. The summed E-state index contributed by atoms with van der Waals surface area (Å²) in [5, 5.41) is 19.8. The van der Waals surface area contributed by atoms with Gasteiger partial charge in [-0.25, -0.2) is 5.48 Å². The SMILES string of the molecule is C[C@]12CC[C@H]3[C@@H](CCC4=CC(=O)CC(C(=O)NO)[C@@]43C)[C@@H]1CC[C@@H]2O. The van der Waals surface area contributed by atoms with E-state index in [-0.39, 0.29) is 29.1 Å². The van der Waals surface area contributed by atoms with E-state index < -0.39 is 11.8 Å². The molecule has 0 aromatic carbocycles. The maximum Gasteiger partial charge on any atom is 0.247 e. The highest BCUT2D eigenvalue weighted by Gasteiger charge is 2.61. The summed E-state index contributed by atoms with van der Waals surface area (Å²) in [5.41, 5.74) is 2.54. The Morgan fingerprint density at radius 3 is 2.68 bits per heavy atom. The fourth-order valence-corrected chi connectivity index (χ4v) is 7.06. The van der Waals surface area contributed by atoms with Crippen molar-refractivity contribution in [1.82, 2.24) is 5.48 Å². The van der Waals surface area contributed by atoms with Crippen molar-refractivity contribution in [2.45, 2.75) is 64.9 Å². The lowest BCUT2D eigenvalue weighted by Gasteiger charge is -2.59. The Balaban J connectivity index is 1.74. The number of carbonyl (C=O) groups is 2. The molecule has 5 nitrogen and oxygen atoms in total. The van der Waals surface area contributed by atoms with Crippen LogP contribution in [0.4, 0.5) is 0 Å². The highest BCUT2D eigenvalue weighted by Crippen LogP contribution is 2.66. The van der Waals surface area contributed by atoms with Crippen molar-refractivity contribution in [1.29, 1.82) is 0 Å². The van der Waals surface area contributed by atoms with E-state index in [0.29, 0.717) is 17.8 Å². The van der Waals surface area contributed by atoms with Gasteiger partial charge in [0, 0.05) is 11.8 Å². The van der Waals surface area contributed by atoms with Gasteiger partial charge in [-0.15, -0.1) is 0 Å². The normalized spacial score (nSPS) is 48.9. The molecule has 1 amide bonds. The fraction of sp³-hybridized carbons (Fsp3) is 0.800. The van der Waals surface area contributed by atoms with Crippen LogP contribution in [0.25, 0.3) is 0 Å². The number of hydroxylamine groups is 1. The number of amides is 1. The zero-order chi connectivity index (χ0) is 18.0. The van der Waals surface area contributed by atoms with Crippen LogP contribution in [0.15, 0.2) is 11.6 Å². The number of fused-ring (bicyclic) bond motifs is 5.